The summed E-state index contributed by atoms with van der Waals surface area (Å²) < 4.78 is 29.7. The monoisotopic (exact) mass is 207 g/mol. The molecule has 1 rings (SSSR count). The smallest absolute Gasteiger partial charge is 0.253 e. The van der Waals surface area contributed by atoms with Gasteiger partial charge in [-0.25, -0.2) is 8.78 Å². The van der Waals surface area contributed by atoms with Crippen LogP contribution in [0.4, 0.5) is 8.78 Å². The van der Waals surface area contributed by atoms with Gasteiger partial charge >= 0.3 is 0 Å². The summed E-state index contributed by atoms with van der Waals surface area (Å²) in [4.78, 5) is 0. The van der Waals surface area contributed by atoms with Crippen molar-refractivity contribution in [2.45, 2.75) is 39.2 Å². The van der Waals surface area contributed by atoms with E-state index in [0.717, 1.165) is 26.1 Å². The van der Waals surface area contributed by atoms with Gasteiger partial charge in [0.15, 0.2) is 0 Å². The van der Waals surface area contributed by atoms with Crippen LogP contribution < -0.4 is 5.32 Å². The molecule has 0 aliphatic carbocycles. The summed E-state index contributed by atoms with van der Waals surface area (Å²) in [6.07, 6.45) is -0.371. The first-order valence-corrected chi connectivity index (χ1v) is 5.13. The molecule has 0 aromatic rings. The topological polar surface area (TPSA) is 21.3 Å². The lowest BCUT2D eigenvalue weighted by Gasteiger charge is -2.34. The summed E-state index contributed by atoms with van der Waals surface area (Å²) in [6, 6.07) is -0.713. The SMILES string of the molecule is CC(NCC1(C)CCOCC1)C(F)F. The standard InChI is InChI=1S/C10H19F2NO/c1-8(9(11)12)13-7-10(2)3-5-14-6-4-10/h8-9,13H,3-7H2,1-2H3. The Labute approximate surface area is 84.0 Å². The maximum atomic E-state index is 12.2. The third-order valence-corrected chi connectivity index (χ3v) is 2.93. The number of hydrogen-bond donors (Lipinski definition) is 1. The van der Waals surface area contributed by atoms with Crippen LogP contribution in [-0.4, -0.2) is 32.2 Å². The highest BCUT2D eigenvalue weighted by atomic mass is 19.3. The Morgan fingerprint density at radius 1 is 1.36 bits per heavy atom. The van der Waals surface area contributed by atoms with Gasteiger partial charge in [-0.3, -0.25) is 0 Å². The molecule has 0 bridgehead atoms. The molecular weight excluding hydrogens is 188 g/mol. The Bertz CT molecular complexity index is 170. The fourth-order valence-electron chi connectivity index (χ4n) is 1.54. The van der Waals surface area contributed by atoms with Crippen molar-refractivity contribution in [3.63, 3.8) is 0 Å². The van der Waals surface area contributed by atoms with Crippen LogP contribution >= 0.6 is 0 Å². The van der Waals surface area contributed by atoms with E-state index in [1.807, 2.05) is 0 Å². The summed E-state index contributed by atoms with van der Waals surface area (Å²) in [5, 5.41) is 2.89. The molecule has 0 spiro atoms. The Morgan fingerprint density at radius 3 is 2.43 bits per heavy atom. The molecule has 0 saturated carbocycles. The average molecular weight is 207 g/mol. The zero-order valence-electron chi connectivity index (χ0n) is 8.85. The van der Waals surface area contributed by atoms with Crippen LogP contribution in [0.1, 0.15) is 26.7 Å². The summed E-state index contributed by atoms with van der Waals surface area (Å²) in [5.41, 5.74) is 0.126. The van der Waals surface area contributed by atoms with E-state index in [9.17, 15) is 8.78 Å². The zero-order chi connectivity index (χ0) is 10.6. The molecule has 1 atom stereocenters. The van der Waals surface area contributed by atoms with Gasteiger partial charge in [0.1, 0.15) is 0 Å². The number of rotatable bonds is 4. The second-order valence-corrected chi connectivity index (χ2v) is 4.43. The van der Waals surface area contributed by atoms with Crippen LogP contribution in [0.2, 0.25) is 0 Å². The van der Waals surface area contributed by atoms with Crippen LogP contribution in [0, 0.1) is 5.41 Å². The molecule has 0 amide bonds. The van der Waals surface area contributed by atoms with Gasteiger partial charge in [0.05, 0.1) is 6.04 Å². The van der Waals surface area contributed by atoms with Crippen molar-refractivity contribution in [1.82, 2.24) is 5.32 Å². The van der Waals surface area contributed by atoms with Crippen LogP contribution in [0.25, 0.3) is 0 Å². The van der Waals surface area contributed by atoms with Crippen molar-refractivity contribution in [3.05, 3.63) is 0 Å². The summed E-state index contributed by atoms with van der Waals surface area (Å²) >= 11 is 0. The lowest BCUT2D eigenvalue weighted by molar-refractivity contribution is 0.0182. The van der Waals surface area contributed by atoms with Gasteiger partial charge in [-0.1, -0.05) is 6.92 Å². The number of hydrogen-bond acceptors (Lipinski definition) is 2. The van der Waals surface area contributed by atoms with Gasteiger partial charge in [-0.15, -0.1) is 0 Å². The molecule has 1 N–H and O–H groups in total. The van der Waals surface area contributed by atoms with Crippen molar-refractivity contribution in [1.29, 1.82) is 0 Å². The number of halogens is 2. The van der Waals surface area contributed by atoms with Gasteiger partial charge in [-0.05, 0) is 25.2 Å². The third-order valence-electron chi connectivity index (χ3n) is 2.93. The fourth-order valence-corrected chi connectivity index (χ4v) is 1.54. The lowest BCUT2D eigenvalue weighted by atomic mass is 9.82. The van der Waals surface area contributed by atoms with Gasteiger partial charge in [0, 0.05) is 19.8 Å². The second-order valence-electron chi connectivity index (χ2n) is 4.43. The summed E-state index contributed by atoms with van der Waals surface area (Å²) in [7, 11) is 0. The number of alkyl halides is 2. The van der Waals surface area contributed by atoms with Crippen molar-refractivity contribution >= 4 is 0 Å². The molecule has 0 aromatic carbocycles. The van der Waals surface area contributed by atoms with Crippen LogP contribution in [-0.2, 0) is 4.74 Å². The summed E-state index contributed by atoms with van der Waals surface area (Å²) in [6.45, 7) is 5.80. The molecule has 1 aliphatic rings. The predicted molar refractivity (Wildman–Crippen MR) is 51.6 cm³/mol. The van der Waals surface area contributed by atoms with E-state index in [4.69, 9.17) is 4.74 Å². The third kappa shape index (κ3) is 3.50. The molecule has 0 aromatic heterocycles. The molecule has 84 valence electrons. The molecule has 1 saturated heterocycles. The van der Waals surface area contributed by atoms with E-state index in [1.165, 1.54) is 6.92 Å². The van der Waals surface area contributed by atoms with Crippen molar-refractivity contribution < 1.29 is 13.5 Å². The average Bonchev–Trinajstić information content (AvgIpc) is 2.15. The van der Waals surface area contributed by atoms with Gasteiger partial charge in [-0.2, -0.15) is 0 Å². The number of nitrogens with one attached hydrogen (secondary N) is 1. The van der Waals surface area contributed by atoms with Crippen molar-refractivity contribution in [2.24, 2.45) is 5.41 Å². The van der Waals surface area contributed by atoms with Crippen molar-refractivity contribution in [3.8, 4) is 0 Å². The van der Waals surface area contributed by atoms with E-state index in [-0.39, 0.29) is 5.41 Å². The molecule has 1 heterocycles. The quantitative estimate of drug-likeness (QED) is 0.761. The molecule has 2 nitrogen and oxygen atoms in total. The minimum Gasteiger partial charge on any atom is -0.381 e. The Morgan fingerprint density at radius 2 is 1.93 bits per heavy atom. The Hall–Kier alpha value is -0.220. The highest BCUT2D eigenvalue weighted by Gasteiger charge is 2.28. The van der Waals surface area contributed by atoms with E-state index in [0.29, 0.717) is 6.54 Å². The van der Waals surface area contributed by atoms with E-state index in [1.54, 1.807) is 0 Å². The van der Waals surface area contributed by atoms with Crippen molar-refractivity contribution in [2.75, 3.05) is 19.8 Å². The molecule has 1 fully saturated rings. The first-order valence-electron chi connectivity index (χ1n) is 5.13. The maximum Gasteiger partial charge on any atom is 0.253 e. The minimum atomic E-state index is -2.28. The molecule has 4 heteroatoms. The molecule has 1 unspecified atom stereocenters. The Balaban J connectivity index is 2.28. The molecular formula is C10H19F2NO. The largest absolute Gasteiger partial charge is 0.381 e. The molecule has 0 radical (unpaired) electrons. The first kappa shape index (κ1) is 11.9. The first-order chi connectivity index (χ1) is 6.53. The van der Waals surface area contributed by atoms with E-state index < -0.39 is 12.5 Å². The molecule has 1 aliphatic heterocycles. The van der Waals surface area contributed by atoms with E-state index in [2.05, 4.69) is 12.2 Å². The highest BCUT2D eigenvalue weighted by molar-refractivity contribution is 4.81. The van der Waals surface area contributed by atoms with Gasteiger partial charge in [0.25, 0.3) is 6.43 Å². The van der Waals surface area contributed by atoms with Gasteiger partial charge < -0.3 is 10.1 Å². The highest BCUT2D eigenvalue weighted by Crippen LogP contribution is 2.28. The second kappa shape index (κ2) is 5.03. The summed E-state index contributed by atoms with van der Waals surface area (Å²) in [5.74, 6) is 0. The predicted octanol–water partition coefficient (Wildman–Crippen LogP) is 2.05. The zero-order valence-corrected chi connectivity index (χ0v) is 8.85. The van der Waals surface area contributed by atoms with E-state index >= 15 is 0 Å². The van der Waals surface area contributed by atoms with Gasteiger partial charge in [0.2, 0.25) is 0 Å². The normalized spacial score (nSPS) is 23.8. The fraction of sp³-hybridized carbons (Fsp3) is 1.00. The number of ether oxygens (including phenoxy) is 1. The minimum absolute atomic E-state index is 0.126. The van der Waals surface area contributed by atoms with Crippen LogP contribution in [0.3, 0.4) is 0 Å². The van der Waals surface area contributed by atoms with Crippen LogP contribution in [0.5, 0.6) is 0 Å². The maximum absolute atomic E-state index is 12.2. The van der Waals surface area contributed by atoms with Crippen LogP contribution in [0.15, 0.2) is 0 Å². The molecule has 14 heavy (non-hydrogen) atoms. The Kier molecular flexibility index (Phi) is 4.26. The lowest BCUT2D eigenvalue weighted by Crippen LogP contribution is -2.42.